The van der Waals surface area contributed by atoms with Gasteiger partial charge in [-0.15, -0.1) is 0 Å². The van der Waals surface area contributed by atoms with Crippen LogP contribution >= 0.6 is 0 Å². The van der Waals surface area contributed by atoms with Gasteiger partial charge in [0.15, 0.2) is 0 Å². The molecule has 7 nitrogen and oxygen atoms in total. The fourth-order valence-electron chi connectivity index (χ4n) is 2.59. The molecule has 1 aliphatic rings. The van der Waals surface area contributed by atoms with Gasteiger partial charge in [0, 0.05) is 12.1 Å². The molecule has 0 saturated heterocycles. The molecule has 1 aliphatic carbocycles. The van der Waals surface area contributed by atoms with E-state index >= 15 is 0 Å². The number of hydrogen-bond acceptors (Lipinski definition) is 5. The fourth-order valence-corrected chi connectivity index (χ4v) is 2.59. The number of carbonyl (C=O) groups is 1. The Morgan fingerprint density at radius 1 is 1.50 bits per heavy atom. The first-order chi connectivity index (χ1) is 9.49. The summed E-state index contributed by atoms with van der Waals surface area (Å²) in [5.41, 5.74) is 0.584. The van der Waals surface area contributed by atoms with Crippen LogP contribution in [-0.2, 0) is 4.79 Å². The van der Waals surface area contributed by atoms with Crippen molar-refractivity contribution in [3.8, 4) is 0 Å². The molecule has 0 radical (unpaired) electrons. The van der Waals surface area contributed by atoms with E-state index in [1.807, 2.05) is 0 Å². The van der Waals surface area contributed by atoms with Gasteiger partial charge in [-0.3, -0.25) is 14.9 Å². The Balaban J connectivity index is 2.16. The van der Waals surface area contributed by atoms with Crippen molar-refractivity contribution in [2.24, 2.45) is 5.92 Å². The van der Waals surface area contributed by atoms with Crippen molar-refractivity contribution in [1.29, 1.82) is 0 Å². The molecule has 0 aliphatic heterocycles. The van der Waals surface area contributed by atoms with Crippen LogP contribution in [0.5, 0.6) is 0 Å². The van der Waals surface area contributed by atoms with Crippen LogP contribution in [0, 0.1) is 23.0 Å². The van der Waals surface area contributed by atoms with Crippen LogP contribution in [0.15, 0.2) is 12.3 Å². The second kappa shape index (κ2) is 5.85. The van der Waals surface area contributed by atoms with Gasteiger partial charge in [0.05, 0.1) is 10.8 Å². The summed E-state index contributed by atoms with van der Waals surface area (Å²) in [7, 11) is 0. The number of aromatic nitrogens is 1. The van der Waals surface area contributed by atoms with Gasteiger partial charge in [-0.25, -0.2) is 4.98 Å². The average Bonchev–Trinajstić information content (AvgIpc) is 2.41. The van der Waals surface area contributed by atoms with E-state index in [2.05, 4.69) is 10.3 Å². The molecular weight excluding hydrogens is 262 g/mol. The Morgan fingerprint density at radius 2 is 2.20 bits per heavy atom. The van der Waals surface area contributed by atoms with Crippen molar-refractivity contribution < 1.29 is 14.8 Å². The quantitative estimate of drug-likeness (QED) is 0.647. The van der Waals surface area contributed by atoms with Crippen LogP contribution in [0.1, 0.15) is 31.2 Å². The number of aliphatic carboxylic acids is 1. The number of hydrogen-bond donors (Lipinski definition) is 2. The predicted octanol–water partition coefficient (Wildman–Crippen LogP) is 2.35. The molecule has 0 bridgehead atoms. The van der Waals surface area contributed by atoms with Crippen LogP contribution < -0.4 is 5.32 Å². The van der Waals surface area contributed by atoms with E-state index in [4.69, 9.17) is 0 Å². The van der Waals surface area contributed by atoms with Gasteiger partial charge in [-0.05, 0) is 25.3 Å². The number of nitrogens with zero attached hydrogens (tertiary/aromatic N) is 2. The summed E-state index contributed by atoms with van der Waals surface area (Å²) in [5, 5.41) is 23.0. The molecule has 108 valence electrons. The molecule has 2 N–H and O–H groups in total. The van der Waals surface area contributed by atoms with Gasteiger partial charge < -0.3 is 10.4 Å². The van der Waals surface area contributed by atoms with Crippen molar-refractivity contribution in [2.45, 2.75) is 38.6 Å². The van der Waals surface area contributed by atoms with E-state index in [1.165, 1.54) is 12.3 Å². The third kappa shape index (κ3) is 3.04. The highest BCUT2D eigenvalue weighted by Gasteiger charge is 2.31. The third-order valence-corrected chi connectivity index (χ3v) is 3.68. The molecule has 1 fully saturated rings. The van der Waals surface area contributed by atoms with E-state index in [9.17, 15) is 20.0 Å². The maximum atomic E-state index is 11.2. The van der Waals surface area contributed by atoms with E-state index in [-0.39, 0.29) is 11.7 Å². The van der Waals surface area contributed by atoms with Crippen molar-refractivity contribution in [3.63, 3.8) is 0 Å². The van der Waals surface area contributed by atoms with E-state index in [1.54, 1.807) is 6.92 Å². The number of anilines is 1. The number of carboxylic acid groups (broad SMARTS) is 1. The minimum atomic E-state index is -0.804. The summed E-state index contributed by atoms with van der Waals surface area (Å²) in [6, 6.07) is 1.27. The second-order valence-corrected chi connectivity index (χ2v) is 5.10. The SMILES string of the molecule is Cc1cc([N+](=O)[O-])cnc1NC1CCCCC1C(=O)O. The predicted molar refractivity (Wildman–Crippen MR) is 72.6 cm³/mol. The number of aryl methyl sites for hydroxylation is 1. The summed E-state index contributed by atoms with van der Waals surface area (Å²) >= 11 is 0. The third-order valence-electron chi connectivity index (χ3n) is 3.68. The molecule has 0 amide bonds. The number of pyridine rings is 1. The first-order valence-corrected chi connectivity index (χ1v) is 6.59. The van der Waals surface area contributed by atoms with E-state index in [0.717, 1.165) is 19.3 Å². The van der Waals surface area contributed by atoms with Gasteiger partial charge in [0.25, 0.3) is 5.69 Å². The van der Waals surface area contributed by atoms with Crippen molar-refractivity contribution in [3.05, 3.63) is 27.9 Å². The summed E-state index contributed by atoms with van der Waals surface area (Å²) in [6.45, 7) is 1.72. The van der Waals surface area contributed by atoms with Crippen LogP contribution in [0.2, 0.25) is 0 Å². The summed E-state index contributed by atoms with van der Waals surface area (Å²) < 4.78 is 0. The number of nitrogens with one attached hydrogen (secondary N) is 1. The molecule has 0 spiro atoms. The first kappa shape index (κ1) is 14.2. The Hall–Kier alpha value is -2.18. The second-order valence-electron chi connectivity index (χ2n) is 5.10. The standard InChI is InChI=1S/C13H17N3O4/c1-8-6-9(16(19)20)7-14-12(8)15-11-5-3-2-4-10(11)13(17)18/h6-7,10-11H,2-5H2,1H3,(H,14,15)(H,17,18). The molecule has 2 unspecified atom stereocenters. The first-order valence-electron chi connectivity index (χ1n) is 6.59. The van der Waals surface area contributed by atoms with Crippen molar-refractivity contribution in [2.75, 3.05) is 5.32 Å². The molecule has 2 rings (SSSR count). The summed E-state index contributed by atoms with van der Waals surface area (Å²) in [6.07, 6.45) is 4.51. The number of rotatable bonds is 4. The smallest absolute Gasteiger partial charge is 0.308 e. The van der Waals surface area contributed by atoms with Gasteiger partial charge >= 0.3 is 5.97 Å². The summed E-state index contributed by atoms with van der Waals surface area (Å²) in [4.78, 5) is 25.4. The zero-order valence-electron chi connectivity index (χ0n) is 11.2. The largest absolute Gasteiger partial charge is 0.481 e. The fraction of sp³-hybridized carbons (Fsp3) is 0.538. The minimum absolute atomic E-state index is 0.0634. The van der Waals surface area contributed by atoms with Crippen LogP contribution in [0.25, 0.3) is 0 Å². The highest BCUT2D eigenvalue weighted by Crippen LogP contribution is 2.28. The lowest BCUT2D eigenvalue weighted by Gasteiger charge is -2.30. The Morgan fingerprint density at radius 3 is 2.80 bits per heavy atom. The maximum absolute atomic E-state index is 11.2. The van der Waals surface area contributed by atoms with Crippen LogP contribution in [-0.4, -0.2) is 27.0 Å². The maximum Gasteiger partial charge on any atom is 0.308 e. The molecule has 1 saturated carbocycles. The average molecular weight is 279 g/mol. The zero-order chi connectivity index (χ0) is 14.7. The lowest BCUT2D eigenvalue weighted by Crippen LogP contribution is -2.37. The molecule has 1 heterocycles. The lowest BCUT2D eigenvalue weighted by atomic mass is 9.84. The minimum Gasteiger partial charge on any atom is -0.481 e. The van der Waals surface area contributed by atoms with E-state index in [0.29, 0.717) is 17.8 Å². The normalized spacial score (nSPS) is 22.2. The van der Waals surface area contributed by atoms with E-state index < -0.39 is 16.8 Å². The van der Waals surface area contributed by atoms with Gasteiger partial charge in [-0.1, -0.05) is 12.8 Å². The molecule has 2 atom stereocenters. The number of nitro groups is 1. The zero-order valence-corrected chi connectivity index (χ0v) is 11.2. The molecule has 0 aromatic carbocycles. The van der Waals surface area contributed by atoms with Crippen LogP contribution in [0.3, 0.4) is 0 Å². The summed E-state index contributed by atoms with van der Waals surface area (Å²) in [5.74, 6) is -0.712. The highest BCUT2D eigenvalue weighted by atomic mass is 16.6. The number of carboxylic acids is 1. The van der Waals surface area contributed by atoms with Crippen LogP contribution in [0.4, 0.5) is 11.5 Å². The van der Waals surface area contributed by atoms with Gasteiger partial charge in [0.1, 0.15) is 12.0 Å². The molecule has 1 aromatic heterocycles. The highest BCUT2D eigenvalue weighted by molar-refractivity contribution is 5.71. The Kier molecular flexibility index (Phi) is 4.16. The Bertz CT molecular complexity index is 532. The monoisotopic (exact) mass is 279 g/mol. The van der Waals surface area contributed by atoms with Crippen molar-refractivity contribution >= 4 is 17.5 Å². The Labute approximate surface area is 116 Å². The lowest BCUT2D eigenvalue weighted by molar-refractivity contribution is -0.385. The topological polar surface area (TPSA) is 105 Å². The van der Waals surface area contributed by atoms with Gasteiger partial charge in [0.2, 0.25) is 0 Å². The molecule has 1 aromatic rings. The molecule has 7 heteroatoms. The molecule has 20 heavy (non-hydrogen) atoms. The van der Waals surface area contributed by atoms with Gasteiger partial charge in [-0.2, -0.15) is 0 Å². The van der Waals surface area contributed by atoms with Crippen molar-refractivity contribution in [1.82, 2.24) is 4.98 Å². The molecular formula is C13H17N3O4.